The molecule has 2 saturated heterocycles. The highest BCUT2D eigenvalue weighted by Gasteiger charge is 2.34. The predicted molar refractivity (Wildman–Crippen MR) is 130 cm³/mol. The topological polar surface area (TPSA) is 67.7 Å². The molecule has 34 heavy (non-hydrogen) atoms. The zero-order valence-electron chi connectivity index (χ0n) is 20.6. The lowest BCUT2D eigenvalue weighted by molar-refractivity contribution is -0.134. The Balaban J connectivity index is 1.28. The van der Waals surface area contributed by atoms with E-state index in [2.05, 4.69) is 37.3 Å². The largest absolute Gasteiger partial charge is 0.372 e. The SMILES string of the molecule is C[C@@H]1CN(C(=O)c2nn(CC(=O)N3CC[C@@H](c4ccccc4)[C@@H](C)C3)c3c2CCC3)C[C@H](C)O1. The molecule has 2 amide bonds. The molecule has 0 bridgehead atoms. The molecule has 7 heteroatoms. The lowest BCUT2D eigenvalue weighted by Crippen LogP contribution is -2.48. The fraction of sp³-hybridized carbons (Fsp3) is 0.593. The molecule has 0 radical (unpaired) electrons. The van der Waals surface area contributed by atoms with Crippen molar-refractivity contribution < 1.29 is 14.3 Å². The predicted octanol–water partition coefficient (Wildman–Crippen LogP) is 3.27. The van der Waals surface area contributed by atoms with E-state index in [1.165, 1.54) is 5.56 Å². The second-order valence-corrected chi connectivity index (χ2v) is 10.4. The van der Waals surface area contributed by atoms with Gasteiger partial charge in [0, 0.05) is 37.4 Å². The number of carbonyl (C=O) groups is 2. The van der Waals surface area contributed by atoms with E-state index < -0.39 is 0 Å². The van der Waals surface area contributed by atoms with Gasteiger partial charge in [-0.1, -0.05) is 37.3 Å². The number of hydrogen-bond acceptors (Lipinski definition) is 4. The summed E-state index contributed by atoms with van der Waals surface area (Å²) in [5, 5.41) is 4.71. The molecule has 0 N–H and O–H groups in total. The maximum atomic E-state index is 13.4. The fourth-order valence-corrected chi connectivity index (χ4v) is 6.10. The van der Waals surface area contributed by atoms with Crippen LogP contribution in [0.2, 0.25) is 0 Å². The van der Waals surface area contributed by atoms with Crippen molar-refractivity contribution in [2.24, 2.45) is 5.92 Å². The highest BCUT2D eigenvalue weighted by molar-refractivity contribution is 5.94. The van der Waals surface area contributed by atoms with Gasteiger partial charge < -0.3 is 14.5 Å². The Morgan fingerprint density at radius 3 is 2.44 bits per heavy atom. The van der Waals surface area contributed by atoms with Crippen molar-refractivity contribution >= 4 is 11.8 Å². The molecule has 0 spiro atoms. The van der Waals surface area contributed by atoms with Crippen molar-refractivity contribution in [1.29, 1.82) is 0 Å². The highest BCUT2D eigenvalue weighted by atomic mass is 16.5. The van der Waals surface area contributed by atoms with Crippen LogP contribution in [0.1, 0.15) is 66.8 Å². The van der Waals surface area contributed by atoms with E-state index in [0.29, 0.717) is 30.6 Å². The van der Waals surface area contributed by atoms with E-state index in [9.17, 15) is 9.59 Å². The lowest BCUT2D eigenvalue weighted by Gasteiger charge is -2.37. The van der Waals surface area contributed by atoms with Gasteiger partial charge in [-0.15, -0.1) is 0 Å². The minimum atomic E-state index is -0.0244. The molecular formula is C27H36N4O3. The molecule has 0 saturated carbocycles. The second-order valence-electron chi connectivity index (χ2n) is 10.4. The van der Waals surface area contributed by atoms with Gasteiger partial charge in [-0.25, -0.2) is 0 Å². The van der Waals surface area contributed by atoms with Crippen LogP contribution in [0.3, 0.4) is 0 Å². The van der Waals surface area contributed by atoms with Crippen LogP contribution < -0.4 is 0 Å². The summed E-state index contributed by atoms with van der Waals surface area (Å²) in [4.78, 5) is 30.5. The number of nitrogens with zero attached hydrogens (tertiary/aromatic N) is 4. The molecule has 3 heterocycles. The van der Waals surface area contributed by atoms with Crippen LogP contribution in [-0.4, -0.2) is 69.8 Å². The first-order valence-corrected chi connectivity index (χ1v) is 12.8. The van der Waals surface area contributed by atoms with E-state index in [0.717, 1.165) is 50.0 Å². The van der Waals surface area contributed by atoms with E-state index in [4.69, 9.17) is 9.84 Å². The molecule has 2 aromatic rings. The molecule has 0 unspecified atom stereocenters. The van der Waals surface area contributed by atoms with Crippen LogP contribution in [0.4, 0.5) is 0 Å². The molecule has 1 aromatic heterocycles. The van der Waals surface area contributed by atoms with Crippen molar-refractivity contribution in [3.05, 3.63) is 52.8 Å². The summed E-state index contributed by atoms with van der Waals surface area (Å²) in [6, 6.07) is 10.6. The molecular weight excluding hydrogens is 428 g/mol. The third kappa shape index (κ3) is 4.50. The normalized spacial score (nSPS) is 27.0. The summed E-state index contributed by atoms with van der Waals surface area (Å²) < 4.78 is 7.61. The number of fused-ring (bicyclic) bond motifs is 1. The molecule has 1 aromatic carbocycles. The van der Waals surface area contributed by atoms with Gasteiger partial charge in [-0.3, -0.25) is 14.3 Å². The van der Waals surface area contributed by atoms with Crippen LogP contribution in [0.25, 0.3) is 0 Å². The number of likely N-dealkylation sites (tertiary alicyclic amines) is 1. The Bertz CT molecular complexity index is 1040. The van der Waals surface area contributed by atoms with E-state index >= 15 is 0 Å². The third-order valence-corrected chi connectivity index (χ3v) is 7.69. The Morgan fingerprint density at radius 2 is 1.74 bits per heavy atom. The van der Waals surface area contributed by atoms with Gasteiger partial charge in [-0.2, -0.15) is 5.10 Å². The Kier molecular flexibility index (Phi) is 6.47. The van der Waals surface area contributed by atoms with Gasteiger partial charge in [-0.05, 0) is 56.9 Å². The zero-order chi connectivity index (χ0) is 23.8. The Morgan fingerprint density at radius 1 is 1.00 bits per heavy atom. The standard InChI is InChI=1S/C27H36N4O3/c1-18-14-29(13-12-22(18)21-8-5-4-6-9-21)25(32)17-31-24-11-7-10-23(24)26(28-31)27(33)30-15-19(2)34-20(3)16-30/h4-6,8-9,18-20,22H,7,10-17H2,1-3H3/t18-,19-,20+,22+/m0/s1. The summed E-state index contributed by atoms with van der Waals surface area (Å²) in [6.07, 6.45) is 3.77. The molecule has 5 rings (SSSR count). The van der Waals surface area contributed by atoms with E-state index in [1.54, 1.807) is 0 Å². The summed E-state index contributed by atoms with van der Waals surface area (Å²) in [7, 11) is 0. The number of morpholine rings is 1. The fourth-order valence-electron chi connectivity index (χ4n) is 6.10. The smallest absolute Gasteiger partial charge is 0.274 e. The molecule has 182 valence electrons. The Labute approximate surface area is 202 Å². The summed E-state index contributed by atoms with van der Waals surface area (Å²) in [6.45, 7) is 9.14. The second kappa shape index (κ2) is 9.53. The number of amides is 2. The maximum Gasteiger partial charge on any atom is 0.274 e. The average Bonchev–Trinajstić information content (AvgIpc) is 3.42. The van der Waals surface area contributed by atoms with Crippen LogP contribution >= 0.6 is 0 Å². The minimum Gasteiger partial charge on any atom is -0.372 e. The number of rotatable bonds is 4. The van der Waals surface area contributed by atoms with Crippen molar-refractivity contribution in [2.45, 2.75) is 71.1 Å². The van der Waals surface area contributed by atoms with Crippen LogP contribution in [0.15, 0.2) is 30.3 Å². The van der Waals surface area contributed by atoms with Gasteiger partial charge >= 0.3 is 0 Å². The lowest BCUT2D eigenvalue weighted by atomic mass is 9.81. The van der Waals surface area contributed by atoms with Crippen LogP contribution in [0, 0.1) is 5.92 Å². The van der Waals surface area contributed by atoms with E-state index in [-0.39, 0.29) is 30.6 Å². The van der Waals surface area contributed by atoms with Gasteiger partial charge in [0.25, 0.3) is 5.91 Å². The quantitative estimate of drug-likeness (QED) is 0.697. The summed E-state index contributed by atoms with van der Waals surface area (Å²) >= 11 is 0. The number of hydrogen-bond donors (Lipinski definition) is 0. The monoisotopic (exact) mass is 464 g/mol. The first kappa shape index (κ1) is 23.1. The van der Waals surface area contributed by atoms with Gasteiger partial charge in [0.1, 0.15) is 6.54 Å². The van der Waals surface area contributed by atoms with E-state index in [1.807, 2.05) is 28.3 Å². The highest BCUT2D eigenvalue weighted by Crippen LogP contribution is 2.33. The third-order valence-electron chi connectivity index (χ3n) is 7.69. The number of carbonyl (C=O) groups excluding carboxylic acids is 2. The first-order chi connectivity index (χ1) is 16.4. The van der Waals surface area contributed by atoms with Crippen LogP contribution in [0.5, 0.6) is 0 Å². The first-order valence-electron chi connectivity index (χ1n) is 12.8. The Hall–Kier alpha value is -2.67. The number of ether oxygens (including phenoxy) is 1. The molecule has 4 atom stereocenters. The number of benzene rings is 1. The molecule has 2 fully saturated rings. The van der Waals surface area contributed by atoms with Gasteiger partial charge in [0.2, 0.25) is 5.91 Å². The average molecular weight is 465 g/mol. The molecule has 3 aliphatic rings. The number of piperidine rings is 1. The van der Waals surface area contributed by atoms with Gasteiger partial charge in [0.05, 0.1) is 12.2 Å². The molecule has 7 nitrogen and oxygen atoms in total. The van der Waals surface area contributed by atoms with Crippen molar-refractivity contribution in [2.75, 3.05) is 26.2 Å². The maximum absolute atomic E-state index is 13.4. The summed E-state index contributed by atoms with van der Waals surface area (Å²) in [5.41, 5.74) is 4.01. The van der Waals surface area contributed by atoms with Gasteiger partial charge in [0.15, 0.2) is 5.69 Å². The molecule has 2 aliphatic heterocycles. The number of aromatic nitrogens is 2. The molecule has 1 aliphatic carbocycles. The van der Waals surface area contributed by atoms with Crippen molar-refractivity contribution in [3.8, 4) is 0 Å². The summed E-state index contributed by atoms with van der Waals surface area (Å²) in [5.74, 6) is 0.972. The van der Waals surface area contributed by atoms with Crippen LogP contribution in [-0.2, 0) is 28.9 Å². The van der Waals surface area contributed by atoms with Crippen molar-refractivity contribution in [3.63, 3.8) is 0 Å². The zero-order valence-corrected chi connectivity index (χ0v) is 20.6. The van der Waals surface area contributed by atoms with Crippen molar-refractivity contribution in [1.82, 2.24) is 19.6 Å². The minimum absolute atomic E-state index is 0.0187.